The van der Waals surface area contributed by atoms with Crippen molar-refractivity contribution >= 4 is 23.5 Å². The van der Waals surface area contributed by atoms with Crippen molar-refractivity contribution in [2.75, 3.05) is 7.11 Å². The molecule has 4 nitrogen and oxygen atoms in total. The van der Waals surface area contributed by atoms with Gasteiger partial charge in [0.25, 0.3) is 0 Å². The molecule has 0 aliphatic heterocycles. The first-order chi connectivity index (χ1) is 11.6. The first-order valence-corrected chi connectivity index (χ1v) is 9.30. The molecule has 5 rings (SSSR count). The Morgan fingerprint density at radius 1 is 1.12 bits per heavy atom. The predicted molar refractivity (Wildman–Crippen MR) is 100 cm³/mol. The van der Waals surface area contributed by atoms with Crippen LogP contribution in [0.1, 0.15) is 44.1 Å². The predicted octanol–water partition coefficient (Wildman–Crippen LogP) is 3.46. The number of benzene rings is 1. The fourth-order valence-corrected chi connectivity index (χ4v) is 5.66. The van der Waals surface area contributed by atoms with Crippen LogP contribution in [-0.4, -0.2) is 24.0 Å². The maximum atomic E-state index is 5.49. The molecule has 128 valence electrons. The third-order valence-corrected chi connectivity index (χ3v) is 6.11. The van der Waals surface area contributed by atoms with Crippen molar-refractivity contribution in [3.63, 3.8) is 0 Å². The molecule has 0 spiro atoms. The van der Waals surface area contributed by atoms with Gasteiger partial charge in [0, 0.05) is 5.54 Å². The fourth-order valence-electron chi connectivity index (χ4n) is 5.39. The van der Waals surface area contributed by atoms with Gasteiger partial charge in [-0.05, 0) is 98.3 Å². The van der Waals surface area contributed by atoms with E-state index in [1.54, 1.807) is 13.3 Å². The van der Waals surface area contributed by atoms with Crippen molar-refractivity contribution < 1.29 is 4.74 Å². The van der Waals surface area contributed by atoms with Crippen LogP contribution >= 0.6 is 12.2 Å². The van der Waals surface area contributed by atoms with Crippen LogP contribution < -0.4 is 15.5 Å². The van der Waals surface area contributed by atoms with Crippen molar-refractivity contribution in [3.05, 3.63) is 29.8 Å². The Morgan fingerprint density at radius 2 is 1.71 bits per heavy atom. The zero-order valence-corrected chi connectivity index (χ0v) is 14.9. The van der Waals surface area contributed by atoms with Crippen LogP contribution in [0.25, 0.3) is 0 Å². The summed E-state index contributed by atoms with van der Waals surface area (Å²) in [5, 5.41) is 8.55. The summed E-state index contributed by atoms with van der Waals surface area (Å²) in [5.74, 6) is 3.58. The van der Waals surface area contributed by atoms with Gasteiger partial charge < -0.3 is 10.1 Å². The monoisotopic (exact) mass is 343 g/mol. The Bertz CT molecular complexity index is 605. The Hall–Kier alpha value is -1.62. The number of hydrogen-bond donors (Lipinski definition) is 2. The highest BCUT2D eigenvalue weighted by Crippen LogP contribution is 2.55. The summed E-state index contributed by atoms with van der Waals surface area (Å²) in [7, 11) is 1.67. The summed E-state index contributed by atoms with van der Waals surface area (Å²) in [6, 6.07) is 7.79. The van der Waals surface area contributed by atoms with E-state index < -0.39 is 0 Å². The number of hydrazone groups is 1. The maximum Gasteiger partial charge on any atom is 0.187 e. The summed E-state index contributed by atoms with van der Waals surface area (Å²) in [4.78, 5) is 0. The van der Waals surface area contributed by atoms with E-state index in [1.165, 1.54) is 38.5 Å². The lowest BCUT2D eigenvalue weighted by molar-refractivity contribution is -0.0101. The lowest BCUT2D eigenvalue weighted by Gasteiger charge is -2.57. The molecule has 0 unspecified atom stereocenters. The summed E-state index contributed by atoms with van der Waals surface area (Å²) in [6.07, 6.45) is 9.95. The molecule has 0 aromatic heterocycles. The minimum Gasteiger partial charge on any atom is -0.497 e. The van der Waals surface area contributed by atoms with Crippen LogP contribution in [0.5, 0.6) is 5.75 Å². The van der Waals surface area contributed by atoms with Crippen LogP contribution in [-0.2, 0) is 0 Å². The number of hydrogen-bond acceptors (Lipinski definition) is 3. The molecule has 5 heteroatoms. The summed E-state index contributed by atoms with van der Waals surface area (Å²) in [5.41, 5.74) is 4.24. The molecule has 1 aromatic rings. The summed E-state index contributed by atoms with van der Waals surface area (Å²) in [6.45, 7) is 0. The largest absolute Gasteiger partial charge is 0.497 e. The van der Waals surface area contributed by atoms with Crippen LogP contribution in [0.15, 0.2) is 29.4 Å². The number of thiocarbonyl (C=S) groups is 1. The normalized spacial score (nSPS) is 33.6. The molecular formula is C19H25N3OS. The SMILES string of the molecule is COc1ccc(/C=N/NC(=S)NC23CC4CC(CC(C4)C2)C3)cc1. The second kappa shape index (κ2) is 6.36. The molecule has 4 aliphatic carbocycles. The molecule has 24 heavy (non-hydrogen) atoms. The van der Waals surface area contributed by atoms with Crippen LogP contribution in [0.4, 0.5) is 0 Å². The van der Waals surface area contributed by atoms with Gasteiger partial charge in [-0.25, -0.2) is 0 Å². The smallest absolute Gasteiger partial charge is 0.187 e. The lowest BCUT2D eigenvalue weighted by atomic mass is 9.53. The molecule has 4 aliphatic rings. The lowest BCUT2D eigenvalue weighted by Crippen LogP contribution is -2.61. The van der Waals surface area contributed by atoms with E-state index >= 15 is 0 Å². The zero-order chi connectivity index (χ0) is 16.6. The van der Waals surface area contributed by atoms with Crippen molar-refractivity contribution in [1.82, 2.24) is 10.7 Å². The molecule has 0 radical (unpaired) electrons. The molecular weight excluding hydrogens is 318 g/mol. The third-order valence-electron chi connectivity index (χ3n) is 5.91. The topological polar surface area (TPSA) is 45.6 Å². The van der Waals surface area contributed by atoms with Gasteiger partial charge in [0.05, 0.1) is 13.3 Å². The number of ether oxygens (including phenoxy) is 1. The minimum absolute atomic E-state index is 0.231. The van der Waals surface area contributed by atoms with Gasteiger partial charge in [0.15, 0.2) is 5.11 Å². The fraction of sp³-hybridized carbons (Fsp3) is 0.579. The van der Waals surface area contributed by atoms with Gasteiger partial charge in [0.2, 0.25) is 0 Å². The Kier molecular flexibility index (Phi) is 4.21. The quantitative estimate of drug-likeness (QED) is 0.499. The van der Waals surface area contributed by atoms with Gasteiger partial charge in [-0.1, -0.05) is 0 Å². The third kappa shape index (κ3) is 3.27. The van der Waals surface area contributed by atoms with E-state index in [-0.39, 0.29) is 5.54 Å². The Morgan fingerprint density at radius 3 is 2.25 bits per heavy atom. The van der Waals surface area contributed by atoms with E-state index in [4.69, 9.17) is 17.0 Å². The van der Waals surface area contributed by atoms with Crippen molar-refractivity contribution in [1.29, 1.82) is 0 Å². The minimum atomic E-state index is 0.231. The Balaban J connectivity index is 1.32. The number of rotatable bonds is 4. The average molecular weight is 343 g/mol. The molecule has 2 N–H and O–H groups in total. The molecule has 4 fully saturated rings. The van der Waals surface area contributed by atoms with E-state index in [0.717, 1.165) is 29.1 Å². The van der Waals surface area contributed by atoms with Gasteiger partial charge >= 0.3 is 0 Å². The van der Waals surface area contributed by atoms with Crippen LogP contribution in [0.2, 0.25) is 0 Å². The number of nitrogens with one attached hydrogen (secondary N) is 2. The molecule has 1 aromatic carbocycles. The van der Waals surface area contributed by atoms with Gasteiger partial charge in [0.1, 0.15) is 5.75 Å². The first kappa shape index (κ1) is 15.9. The van der Waals surface area contributed by atoms with E-state index in [0.29, 0.717) is 5.11 Å². The second-order valence-electron chi connectivity index (χ2n) is 7.80. The summed E-state index contributed by atoms with van der Waals surface area (Å²) >= 11 is 5.49. The highest BCUT2D eigenvalue weighted by atomic mass is 32.1. The van der Waals surface area contributed by atoms with Crippen molar-refractivity contribution in [2.45, 2.75) is 44.1 Å². The second-order valence-corrected chi connectivity index (χ2v) is 8.20. The number of nitrogens with zero attached hydrogens (tertiary/aromatic N) is 1. The van der Waals surface area contributed by atoms with Gasteiger partial charge in [-0.2, -0.15) is 5.10 Å². The molecule has 0 atom stereocenters. The van der Waals surface area contributed by atoms with Gasteiger partial charge in [-0.3, -0.25) is 5.43 Å². The highest BCUT2D eigenvalue weighted by molar-refractivity contribution is 7.80. The van der Waals surface area contributed by atoms with Crippen LogP contribution in [0.3, 0.4) is 0 Å². The highest BCUT2D eigenvalue weighted by Gasteiger charge is 2.51. The first-order valence-electron chi connectivity index (χ1n) is 8.89. The van der Waals surface area contributed by atoms with Crippen LogP contribution in [0, 0.1) is 17.8 Å². The molecule has 0 saturated heterocycles. The molecule has 4 saturated carbocycles. The van der Waals surface area contributed by atoms with E-state index in [9.17, 15) is 0 Å². The molecule has 0 amide bonds. The average Bonchev–Trinajstić information content (AvgIpc) is 2.53. The summed E-state index contributed by atoms with van der Waals surface area (Å²) < 4.78 is 5.16. The van der Waals surface area contributed by atoms with Crippen molar-refractivity contribution in [3.8, 4) is 5.75 Å². The maximum absolute atomic E-state index is 5.49. The van der Waals surface area contributed by atoms with Crippen molar-refractivity contribution in [2.24, 2.45) is 22.9 Å². The van der Waals surface area contributed by atoms with Gasteiger partial charge in [-0.15, -0.1) is 0 Å². The zero-order valence-electron chi connectivity index (χ0n) is 14.1. The Labute approximate surface area is 149 Å². The van der Waals surface area contributed by atoms with E-state index in [2.05, 4.69) is 15.8 Å². The standard InChI is InChI=1S/C19H25N3OS/c1-23-17-4-2-13(3-5-17)12-20-22-18(24)21-19-9-14-6-15(10-19)8-16(7-14)11-19/h2-5,12,14-16H,6-11H2,1H3,(H2,21,22,24)/b20-12+. The molecule has 0 heterocycles. The number of methoxy groups -OCH3 is 1. The van der Waals surface area contributed by atoms with E-state index in [1.807, 2.05) is 24.3 Å². The molecule has 4 bridgehead atoms.